The van der Waals surface area contributed by atoms with Gasteiger partial charge in [-0.1, -0.05) is 13.8 Å². The van der Waals surface area contributed by atoms with Gasteiger partial charge in [0, 0.05) is 18.9 Å². The third-order valence-electron chi connectivity index (χ3n) is 2.54. The topological polar surface area (TPSA) is 29.9 Å². The number of nitrogens with zero attached hydrogens (tertiary/aromatic N) is 2. The van der Waals surface area contributed by atoms with Gasteiger partial charge in [-0.25, -0.2) is 0 Å². The Hall–Kier alpha value is -0.830. The lowest BCUT2D eigenvalue weighted by molar-refractivity contribution is 0.558. The number of aromatic nitrogens is 2. The molecule has 0 bridgehead atoms. The molecule has 1 heterocycles. The van der Waals surface area contributed by atoms with Crippen molar-refractivity contribution >= 4 is 0 Å². The van der Waals surface area contributed by atoms with Gasteiger partial charge in [-0.3, -0.25) is 4.68 Å². The lowest BCUT2D eigenvalue weighted by atomic mass is 10.0. The van der Waals surface area contributed by atoms with Crippen LogP contribution in [0.5, 0.6) is 0 Å². The van der Waals surface area contributed by atoms with Gasteiger partial charge in [0.2, 0.25) is 0 Å². The maximum atomic E-state index is 4.18. The summed E-state index contributed by atoms with van der Waals surface area (Å²) in [6.45, 7) is 6.67. The van der Waals surface area contributed by atoms with Gasteiger partial charge < -0.3 is 5.32 Å². The van der Waals surface area contributed by atoms with E-state index in [2.05, 4.69) is 30.3 Å². The van der Waals surface area contributed by atoms with Crippen LogP contribution in [0.15, 0.2) is 12.3 Å². The summed E-state index contributed by atoms with van der Waals surface area (Å²) in [5, 5.41) is 7.60. The molecule has 0 amide bonds. The lowest BCUT2D eigenvalue weighted by Crippen LogP contribution is -2.18. The highest BCUT2D eigenvalue weighted by atomic mass is 15.3. The molecule has 0 saturated carbocycles. The second kappa shape index (κ2) is 5.81. The minimum Gasteiger partial charge on any atom is -0.317 e. The largest absolute Gasteiger partial charge is 0.317 e. The Morgan fingerprint density at radius 3 is 2.86 bits per heavy atom. The van der Waals surface area contributed by atoms with E-state index in [1.54, 1.807) is 0 Å². The van der Waals surface area contributed by atoms with Crippen molar-refractivity contribution in [2.75, 3.05) is 13.1 Å². The predicted octanol–water partition coefficient (Wildman–Crippen LogP) is 1.91. The van der Waals surface area contributed by atoms with E-state index in [1.165, 1.54) is 18.5 Å². The smallest absolute Gasteiger partial charge is 0.0492 e. The van der Waals surface area contributed by atoms with Crippen molar-refractivity contribution in [3.05, 3.63) is 18.0 Å². The molecule has 1 rings (SSSR count). The average Bonchev–Trinajstić information content (AvgIpc) is 2.59. The Balaban J connectivity index is 2.28. The maximum absolute atomic E-state index is 4.18. The van der Waals surface area contributed by atoms with Crippen LogP contribution in [0.2, 0.25) is 0 Å². The van der Waals surface area contributed by atoms with Gasteiger partial charge in [-0.15, -0.1) is 0 Å². The van der Waals surface area contributed by atoms with E-state index >= 15 is 0 Å². The minimum absolute atomic E-state index is 0.590. The SMILES string of the molecule is CCCNCCC(C)c1ccnn1C. The Morgan fingerprint density at radius 2 is 2.29 bits per heavy atom. The zero-order valence-corrected chi connectivity index (χ0v) is 9.45. The van der Waals surface area contributed by atoms with Crippen molar-refractivity contribution < 1.29 is 0 Å². The molecular formula is C11H21N3. The van der Waals surface area contributed by atoms with E-state index in [0.717, 1.165) is 13.1 Å². The van der Waals surface area contributed by atoms with E-state index in [-0.39, 0.29) is 0 Å². The van der Waals surface area contributed by atoms with Gasteiger partial charge in [0.05, 0.1) is 0 Å². The van der Waals surface area contributed by atoms with Crippen LogP contribution in [0.1, 0.15) is 38.3 Å². The second-order valence-corrected chi connectivity index (χ2v) is 3.82. The van der Waals surface area contributed by atoms with Crippen LogP contribution in [-0.4, -0.2) is 22.9 Å². The summed E-state index contributed by atoms with van der Waals surface area (Å²) >= 11 is 0. The quantitative estimate of drug-likeness (QED) is 0.703. The third-order valence-corrected chi connectivity index (χ3v) is 2.54. The first kappa shape index (κ1) is 11.2. The zero-order valence-electron chi connectivity index (χ0n) is 9.45. The average molecular weight is 195 g/mol. The first-order valence-corrected chi connectivity index (χ1v) is 5.44. The van der Waals surface area contributed by atoms with Crippen LogP contribution in [0.3, 0.4) is 0 Å². The molecule has 0 fully saturated rings. The lowest BCUT2D eigenvalue weighted by Gasteiger charge is -2.11. The molecular weight excluding hydrogens is 174 g/mol. The second-order valence-electron chi connectivity index (χ2n) is 3.82. The van der Waals surface area contributed by atoms with Crippen molar-refractivity contribution in [1.29, 1.82) is 0 Å². The molecule has 0 aliphatic rings. The Morgan fingerprint density at radius 1 is 1.50 bits per heavy atom. The first-order valence-electron chi connectivity index (χ1n) is 5.44. The highest BCUT2D eigenvalue weighted by molar-refractivity contribution is 5.05. The molecule has 0 radical (unpaired) electrons. The molecule has 1 atom stereocenters. The molecule has 14 heavy (non-hydrogen) atoms. The summed E-state index contributed by atoms with van der Waals surface area (Å²) in [5.41, 5.74) is 1.32. The van der Waals surface area contributed by atoms with Gasteiger partial charge in [-0.05, 0) is 37.9 Å². The molecule has 80 valence electrons. The molecule has 1 N–H and O–H groups in total. The van der Waals surface area contributed by atoms with E-state index in [9.17, 15) is 0 Å². The van der Waals surface area contributed by atoms with Crippen LogP contribution in [0.25, 0.3) is 0 Å². The normalized spacial score (nSPS) is 13.1. The molecule has 1 aromatic rings. The summed E-state index contributed by atoms with van der Waals surface area (Å²) in [6, 6.07) is 2.10. The van der Waals surface area contributed by atoms with Gasteiger partial charge in [0.1, 0.15) is 0 Å². The Bertz CT molecular complexity index is 255. The van der Waals surface area contributed by atoms with Crippen molar-refractivity contribution in [2.24, 2.45) is 7.05 Å². The van der Waals surface area contributed by atoms with Crippen molar-refractivity contribution in [2.45, 2.75) is 32.6 Å². The molecule has 0 spiro atoms. The molecule has 0 aromatic carbocycles. The Labute approximate surface area is 86.5 Å². The molecule has 3 nitrogen and oxygen atoms in total. The molecule has 3 heteroatoms. The van der Waals surface area contributed by atoms with Gasteiger partial charge in [-0.2, -0.15) is 5.10 Å². The van der Waals surface area contributed by atoms with Gasteiger partial charge in [0.15, 0.2) is 0 Å². The Kier molecular flexibility index (Phi) is 4.66. The fourth-order valence-corrected chi connectivity index (χ4v) is 1.64. The van der Waals surface area contributed by atoms with Crippen molar-refractivity contribution in [3.8, 4) is 0 Å². The molecule has 1 aromatic heterocycles. The fraction of sp³-hybridized carbons (Fsp3) is 0.727. The predicted molar refractivity (Wildman–Crippen MR) is 59.4 cm³/mol. The number of hydrogen-bond donors (Lipinski definition) is 1. The van der Waals surface area contributed by atoms with Crippen LogP contribution in [0, 0.1) is 0 Å². The van der Waals surface area contributed by atoms with Crippen LogP contribution in [-0.2, 0) is 7.05 Å². The molecule has 0 aliphatic heterocycles. The first-order chi connectivity index (χ1) is 6.75. The molecule has 0 aliphatic carbocycles. The minimum atomic E-state index is 0.590. The van der Waals surface area contributed by atoms with Crippen molar-refractivity contribution in [1.82, 2.24) is 15.1 Å². The molecule has 0 saturated heterocycles. The highest BCUT2D eigenvalue weighted by Crippen LogP contribution is 2.16. The monoisotopic (exact) mass is 195 g/mol. The summed E-state index contributed by atoms with van der Waals surface area (Å²) in [7, 11) is 2.01. The maximum Gasteiger partial charge on any atom is 0.0492 e. The van der Waals surface area contributed by atoms with E-state index in [1.807, 2.05) is 17.9 Å². The van der Waals surface area contributed by atoms with E-state index in [4.69, 9.17) is 0 Å². The summed E-state index contributed by atoms with van der Waals surface area (Å²) < 4.78 is 1.96. The fourth-order valence-electron chi connectivity index (χ4n) is 1.64. The highest BCUT2D eigenvalue weighted by Gasteiger charge is 2.08. The summed E-state index contributed by atoms with van der Waals surface area (Å²) in [6.07, 6.45) is 4.25. The van der Waals surface area contributed by atoms with Crippen molar-refractivity contribution in [3.63, 3.8) is 0 Å². The third kappa shape index (κ3) is 3.14. The number of aryl methyl sites for hydroxylation is 1. The standard InChI is InChI=1S/C11H21N3/c1-4-7-12-8-5-10(2)11-6-9-13-14(11)3/h6,9-10,12H,4-5,7-8H2,1-3H3. The summed E-state index contributed by atoms with van der Waals surface area (Å²) in [5.74, 6) is 0.590. The molecule has 1 unspecified atom stereocenters. The van der Waals surface area contributed by atoms with Crippen LogP contribution >= 0.6 is 0 Å². The van der Waals surface area contributed by atoms with Crippen LogP contribution in [0.4, 0.5) is 0 Å². The zero-order chi connectivity index (χ0) is 10.4. The van der Waals surface area contributed by atoms with E-state index < -0.39 is 0 Å². The van der Waals surface area contributed by atoms with E-state index in [0.29, 0.717) is 5.92 Å². The van der Waals surface area contributed by atoms with Crippen LogP contribution < -0.4 is 5.32 Å². The van der Waals surface area contributed by atoms with Gasteiger partial charge >= 0.3 is 0 Å². The number of rotatable bonds is 6. The van der Waals surface area contributed by atoms with Gasteiger partial charge in [0.25, 0.3) is 0 Å². The number of nitrogens with one attached hydrogen (secondary N) is 1. The number of hydrogen-bond acceptors (Lipinski definition) is 2. The summed E-state index contributed by atoms with van der Waals surface area (Å²) in [4.78, 5) is 0.